The molecule has 174 valence electrons. The number of unbranched alkanes of at least 4 members (excludes halogenated alkanes) is 1. The average molecular weight is 456 g/mol. The van der Waals surface area contributed by atoms with Gasteiger partial charge in [0.1, 0.15) is 23.8 Å². The summed E-state index contributed by atoms with van der Waals surface area (Å²) < 4.78 is 13.5. The van der Waals surface area contributed by atoms with Crippen molar-refractivity contribution in [3.8, 4) is 11.1 Å². The minimum Gasteiger partial charge on any atom is -0.365 e. The maximum Gasteiger partial charge on any atom is 0.137 e. The first-order valence-electron chi connectivity index (χ1n) is 11.6. The number of anilines is 1. The van der Waals surface area contributed by atoms with Crippen molar-refractivity contribution < 1.29 is 4.39 Å². The van der Waals surface area contributed by atoms with E-state index in [2.05, 4.69) is 65.8 Å². The minimum absolute atomic E-state index is 0.247. The van der Waals surface area contributed by atoms with E-state index in [1.165, 1.54) is 12.1 Å². The zero-order chi connectivity index (χ0) is 24.1. The second-order valence-electron chi connectivity index (χ2n) is 8.66. The molecule has 0 saturated heterocycles. The first-order chi connectivity index (χ1) is 16.5. The van der Waals surface area contributed by atoms with Crippen molar-refractivity contribution >= 4 is 22.9 Å². The third-order valence-electron chi connectivity index (χ3n) is 5.73. The fraction of sp³-hybridized carbons (Fsp3) is 0.250. The number of aliphatic imine (C=N–C) groups is 1. The van der Waals surface area contributed by atoms with Gasteiger partial charge >= 0.3 is 0 Å². The monoisotopic (exact) mass is 455 g/mol. The Balaban J connectivity index is 1.66. The number of benzene rings is 2. The predicted molar refractivity (Wildman–Crippen MR) is 139 cm³/mol. The fourth-order valence-electron chi connectivity index (χ4n) is 3.86. The summed E-state index contributed by atoms with van der Waals surface area (Å²) in [6.45, 7) is 11.0. The highest BCUT2D eigenvalue weighted by Gasteiger charge is 2.15. The third kappa shape index (κ3) is 5.22. The van der Waals surface area contributed by atoms with Crippen LogP contribution in [0.5, 0.6) is 0 Å². The van der Waals surface area contributed by atoms with E-state index in [9.17, 15) is 4.39 Å². The molecule has 0 spiro atoms. The molecule has 0 aliphatic carbocycles. The highest BCUT2D eigenvalue weighted by molar-refractivity contribution is 5.95. The van der Waals surface area contributed by atoms with Crippen molar-refractivity contribution in [2.24, 2.45) is 4.99 Å². The van der Waals surface area contributed by atoms with Gasteiger partial charge in [-0.05, 0) is 53.3 Å². The molecular formula is C28H30FN5. The van der Waals surface area contributed by atoms with Crippen LogP contribution in [0.2, 0.25) is 0 Å². The van der Waals surface area contributed by atoms with Crippen molar-refractivity contribution in [1.82, 2.24) is 14.9 Å². The smallest absolute Gasteiger partial charge is 0.137 e. The largest absolute Gasteiger partial charge is 0.365 e. The molecule has 0 radical (unpaired) electrons. The molecule has 1 aliphatic heterocycles. The number of rotatable bonds is 8. The van der Waals surface area contributed by atoms with Gasteiger partial charge in [0.05, 0.1) is 5.52 Å². The van der Waals surface area contributed by atoms with E-state index >= 15 is 0 Å². The van der Waals surface area contributed by atoms with Crippen molar-refractivity contribution in [3.05, 3.63) is 90.6 Å². The molecule has 34 heavy (non-hydrogen) atoms. The van der Waals surface area contributed by atoms with Crippen LogP contribution in [0.1, 0.15) is 45.1 Å². The fourth-order valence-corrected chi connectivity index (χ4v) is 3.86. The molecule has 1 aromatic heterocycles. The van der Waals surface area contributed by atoms with Crippen LogP contribution in [-0.2, 0) is 0 Å². The number of hydrogen-bond acceptors (Lipinski definition) is 5. The summed E-state index contributed by atoms with van der Waals surface area (Å²) in [7, 11) is 0. The Hall–Kier alpha value is -3.80. The zero-order valence-corrected chi connectivity index (χ0v) is 19.9. The summed E-state index contributed by atoms with van der Waals surface area (Å²) in [5, 5.41) is 4.40. The van der Waals surface area contributed by atoms with Crippen LogP contribution >= 0.6 is 0 Å². The minimum atomic E-state index is -0.247. The van der Waals surface area contributed by atoms with Crippen LogP contribution in [0.3, 0.4) is 0 Å². The molecule has 3 aromatic rings. The zero-order valence-electron chi connectivity index (χ0n) is 19.9. The molecule has 0 saturated carbocycles. The summed E-state index contributed by atoms with van der Waals surface area (Å²) in [5.41, 5.74) is 5.02. The van der Waals surface area contributed by atoms with Crippen molar-refractivity contribution in [1.29, 1.82) is 0 Å². The van der Waals surface area contributed by atoms with E-state index in [0.29, 0.717) is 12.4 Å². The number of allylic oxidation sites excluding steroid dienone is 1. The summed E-state index contributed by atoms with van der Waals surface area (Å²) in [5.74, 6) is 1.47. The molecule has 2 aromatic carbocycles. The van der Waals surface area contributed by atoms with Gasteiger partial charge in [0.25, 0.3) is 0 Å². The van der Waals surface area contributed by atoms with Gasteiger partial charge in [0, 0.05) is 36.1 Å². The highest BCUT2D eigenvalue weighted by atomic mass is 19.1. The normalized spacial score (nSPS) is 13.9. The van der Waals surface area contributed by atoms with Gasteiger partial charge in [-0.25, -0.2) is 19.4 Å². The van der Waals surface area contributed by atoms with Gasteiger partial charge in [0.2, 0.25) is 0 Å². The Morgan fingerprint density at radius 1 is 1.12 bits per heavy atom. The molecule has 4 rings (SSSR count). The number of nitrogens with zero attached hydrogens (tertiary/aromatic N) is 4. The number of aromatic nitrogens is 2. The van der Waals surface area contributed by atoms with E-state index in [4.69, 9.17) is 0 Å². The molecule has 1 N–H and O–H groups in total. The van der Waals surface area contributed by atoms with Gasteiger partial charge in [-0.1, -0.05) is 52.0 Å². The van der Waals surface area contributed by atoms with Crippen molar-refractivity contribution in [2.45, 2.75) is 39.5 Å². The Bertz CT molecular complexity index is 1270. The topological polar surface area (TPSA) is 53.4 Å². The van der Waals surface area contributed by atoms with E-state index in [0.717, 1.165) is 51.8 Å². The van der Waals surface area contributed by atoms with Crippen LogP contribution in [0.15, 0.2) is 84.2 Å². The lowest BCUT2D eigenvalue weighted by atomic mass is 9.94. The van der Waals surface area contributed by atoms with E-state index in [-0.39, 0.29) is 11.7 Å². The van der Waals surface area contributed by atoms with E-state index in [1.807, 2.05) is 23.5 Å². The number of hydrogen-bond donors (Lipinski definition) is 1. The molecule has 0 atom stereocenters. The lowest BCUT2D eigenvalue weighted by Gasteiger charge is -2.21. The van der Waals surface area contributed by atoms with E-state index in [1.54, 1.807) is 18.5 Å². The number of fused-ring (bicyclic) bond motifs is 1. The van der Waals surface area contributed by atoms with Crippen LogP contribution < -0.4 is 5.32 Å². The third-order valence-corrected chi connectivity index (χ3v) is 5.73. The second kappa shape index (κ2) is 10.4. The molecule has 2 heterocycles. The Morgan fingerprint density at radius 2 is 1.91 bits per heavy atom. The Morgan fingerprint density at radius 3 is 2.65 bits per heavy atom. The van der Waals surface area contributed by atoms with Crippen molar-refractivity contribution in [2.75, 3.05) is 11.9 Å². The van der Waals surface area contributed by atoms with E-state index < -0.39 is 0 Å². The Kier molecular flexibility index (Phi) is 7.16. The molecule has 5 nitrogen and oxygen atoms in total. The van der Waals surface area contributed by atoms with Gasteiger partial charge in [0.15, 0.2) is 0 Å². The van der Waals surface area contributed by atoms with Crippen LogP contribution in [-0.4, -0.2) is 27.6 Å². The molecule has 6 heteroatoms. The first kappa shape index (κ1) is 23.4. The number of halogens is 1. The predicted octanol–water partition coefficient (Wildman–Crippen LogP) is 7.03. The van der Waals surface area contributed by atoms with Crippen LogP contribution in [0, 0.1) is 5.82 Å². The lowest BCUT2D eigenvalue weighted by molar-refractivity contribution is 0.610. The highest BCUT2D eigenvalue weighted by Crippen LogP contribution is 2.33. The molecule has 0 amide bonds. The quantitative estimate of drug-likeness (QED) is 0.396. The first-order valence-corrected chi connectivity index (χ1v) is 11.6. The average Bonchev–Trinajstić information content (AvgIpc) is 2.84. The van der Waals surface area contributed by atoms with Gasteiger partial charge < -0.3 is 10.2 Å². The molecule has 0 fully saturated rings. The molecule has 1 aliphatic rings. The van der Waals surface area contributed by atoms with Crippen LogP contribution in [0.4, 0.5) is 10.2 Å². The summed E-state index contributed by atoms with van der Waals surface area (Å²) in [6.07, 6.45) is 11.7. The number of nitrogens with one attached hydrogen (secondary N) is 1. The lowest BCUT2D eigenvalue weighted by Crippen LogP contribution is -2.17. The SMILES string of the molecule is C=C1N=CC(CNc2ncnc3c(C(C)C)cc(-c4ccc(F)cc4)cc23)=CN1/C=C\CCC. The standard InChI is InChI=1S/C28H30FN5/c1-5-6-7-12-34-17-21(15-30-20(34)4)16-31-28-26-14-23(22-8-10-24(29)11-9-22)13-25(19(2)3)27(26)32-18-33-28/h7-15,17-19H,4-6,16H2,1-3H3,(H,31,32,33)/b12-7-. The molecule has 0 bridgehead atoms. The summed E-state index contributed by atoms with van der Waals surface area (Å²) in [6, 6.07) is 10.8. The maximum atomic E-state index is 13.5. The van der Waals surface area contributed by atoms with Crippen molar-refractivity contribution in [3.63, 3.8) is 0 Å². The maximum absolute atomic E-state index is 13.5. The Labute approximate surface area is 200 Å². The molecule has 0 unspecified atom stereocenters. The summed E-state index contributed by atoms with van der Waals surface area (Å²) >= 11 is 0. The molecular weight excluding hydrogens is 425 g/mol. The van der Waals surface area contributed by atoms with Gasteiger partial charge in [-0.3, -0.25) is 0 Å². The van der Waals surface area contributed by atoms with Gasteiger partial charge in [-0.2, -0.15) is 0 Å². The summed E-state index contributed by atoms with van der Waals surface area (Å²) in [4.78, 5) is 15.5. The van der Waals surface area contributed by atoms with Gasteiger partial charge in [-0.15, -0.1) is 0 Å². The second-order valence-corrected chi connectivity index (χ2v) is 8.66. The van der Waals surface area contributed by atoms with Crippen LogP contribution in [0.25, 0.3) is 22.0 Å².